The van der Waals surface area contributed by atoms with Gasteiger partial charge in [0.1, 0.15) is 11.7 Å². The topological polar surface area (TPSA) is 61.3 Å². The summed E-state index contributed by atoms with van der Waals surface area (Å²) < 4.78 is 11.9. The summed E-state index contributed by atoms with van der Waals surface area (Å²) in [7, 11) is 0. The van der Waals surface area contributed by atoms with E-state index in [1.807, 2.05) is 6.07 Å². The number of fused-ring (bicyclic) bond motifs is 1. The predicted molar refractivity (Wildman–Crippen MR) is 88.8 cm³/mol. The van der Waals surface area contributed by atoms with E-state index in [0.717, 1.165) is 22.1 Å². The van der Waals surface area contributed by atoms with Gasteiger partial charge in [0.05, 0.1) is 12.3 Å². The highest BCUT2D eigenvalue weighted by molar-refractivity contribution is 14.1. The van der Waals surface area contributed by atoms with E-state index in [9.17, 15) is 4.79 Å². The maximum absolute atomic E-state index is 12.1. The zero-order chi connectivity index (χ0) is 15.5. The second-order valence-corrected chi connectivity index (χ2v) is 6.05. The van der Waals surface area contributed by atoms with Crippen molar-refractivity contribution in [3.05, 3.63) is 51.0 Å². The molecule has 0 spiro atoms. The molecule has 0 amide bonds. The Balaban J connectivity index is 1.90. The number of carbonyl (C=O) groups excluding carboxylic acids is 1. The molecule has 0 aromatic carbocycles. The van der Waals surface area contributed by atoms with E-state index in [1.165, 1.54) is 5.56 Å². The number of esters is 1. The number of rotatable bonds is 4. The molecule has 0 bridgehead atoms. The fraction of sp³-hybridized carbons (Fsp3) is 0.312. The van der Waals surface area contributed by atoms with Gasteiger partial charge in [0.2, 0.25) is 5.88 Å². The summed E-state index contributed by atoms with van der Waals surface area (Å²) in [5.74, 6) is -0.0944. The molecule has 0 saturated carbocycles. The van der Waals surface area contributed by atoms with Crippen LogP contribution in [0.1, 0.15) is 41.1 Å². The van der Waals surface area contributed by atoms with Gasteiger partial charge in [-0.2, -0.15) is 0 Å². The highest BCUT2D eigenvalue weighted by Gasteiger charge is 2.28. The standard InChI is InChI=1S/C16H15IN2O3/c1-2-21-16(20)13-11(17)7-9-19-15(13)22-12-6-5-10-4-3-8-18-14(10)12/h3-4,7-9,12H,2,5-6H2,1H3. The van der Waals surface area contributed by atoms with Crippen molar-refractivity contribution in [2.75, 3.05) is 6.61 Å². The van der Waals surface area contributed by atoms with Gasteiger partial charge in [-0.15, -0.1) is 0 Å². The minimum Gasteiger partial charge on any atom is -0.467 e. The number of pyridine rings is 2. The van der Waals surface area contributed by atoms with E-state index in [4.69, 9.17) is 9.47 Å². The maximum Gasteiger partial charge on any atom is 0.344 e. The molecule has 22 heavy (non-hydrogen) atoms. The quantitative estimate of drug-likeness (QED) is 0.572. The molecule has 0 aliphatic heterocycles. The largest absolute Gasteiger partial charge is 0.467 e. The number of halogens is 1. The Morgan fingerprint density at radius 1 is 1.36 bits per heavy atom. The molecule has 2 aromatic heterocycles. The first-order valence-electron chi connectivity index (χ1n) is 7.12. The Kier molecular flexibility index (Phi) is 4.56. The molecule has 1 aliphatic carbocycles. The first kappa shape index (κ1) is 15.2. The summed E-state index contributed by atoms with van der Waals surface area (Å²) in [6.07, 6.45) is 4.98. The molecule has 1 aliphatic rings. The number of hydrogen-bond acceptors (Lipinski definition) is 5. The van der Waals surface area contributed by atoms with Crippen LogP contribution in [0.15, 0.2) is 30.6 Å². The van der Waals surface area contributed by atoms with Crippen LogP contribution in [-0.4, -0.2) is 22.5 Å². The van der Waals surface area contributed by atoms with E-state index in [0.29, 0.717) is 18.1 Å². The van der Waals surface area contributed by atoms with Crippen molar-refractivity contribution in [1.29, 1.82) is 0 Å². The fourth-order valence-corrected chi connectivity index (χ4v) is 3.13. The Labute approximate surface area is 142 Å². The summed E-state index contributed by atoms with van der Waals surface area (Å²) in [5.41, 5.74) is 2.50. The Morgan fingerprint density at radius 2 is 2.23 bits per heavy atom. The molecule has 114 valence electrons. The molecular weight excluding hydrogens is 395 g/mol. The van der Waals surface area contributed by atoms with Crippen molar-refractivity contribution in [2.24, 2.45) is 0 Å². The summed E-state index contributed by atoms with van der Waals surface area (Å²) in [4.78, 5) is 20.8. The number of ether oxygens (including phenoxy) is 2. The third-order valence-electron chi connectivity index (χ3n) is 3.51. The van der Waals surface area contributed by atoms with Crippen molar-refractivity contribution in [1.82, 2.24) is 9.97 Å². The molecule has 2 aromatic rings. The number of nitrogens with zero attached hydrogens (tertiary/aromatic N) is 2. The van der Waals surface area contributed by atoms with Gasteiger partial charge < -0.3 is 9.47 Å². The lowest BCUT2D eigenvalue weighted by Crippen LogP contribution is -2.13. The summed E-state index contributed by atoms with van der Waals surface area (Å²) >= 11 is 2.09. The zero-order valence-corrected chi connectivity index (χ0v) is 14.2. The van der Waals surface area contributed by atoms with Crippen LogP contribution in [0.5, 0.6) is 5.88 Å². The molecule has 0 N–H and O–H groups in total. The van der Waals surface area contributed by atoms with Gasteiger partial charge in [0.25, 0.3) is 0 Å². The van der Waals surface area contributed by atoms with Gasteiger partial charge in [0, 0.05) is 16.0 Å². The Hall–Kier alpha value is -1.70. The van der Waals surface area contributed by atoms with Crippen LogP contribution in [0.3, 0.4) is 0 Å². The van der Waals surface area contributed by atoms with E-state index in [1.54, 1.807) is 25.4 Å². The molecule has 0 radical (unpaired) electrons. The van der Waals surface area contributed by atoms with Crippen LogP contribution < -0.4 is 4.74 Å². The SMILES string of the molecule is CCOC(=O)c1c(I)ccnc1OC1CCc2cccnc21. The number of aromatic nitrogens is 2. The van der Waals surface area contributed by atoms with Crippen LogP contribution in [-0.2, 0) is 11.2 Å². The first-order chi connectivity index (χ1) is 10.7. The molecule has 5 nitrogen and oxygen atoms in total. The lowest BCUT2D eigenvalue weighted by molar-refractivity contribution is 0.0515. The van der Waals surface area contributed by atoms with Crippen LogP contribution in [0.25, 0.3) is 0 Å². The van der Waals surface area contributed by atoms with Gasteiger partial charge in [-0.1, -0.05) is 6.07 Å². The smallest absolute Gasteiger partial charge is 0.344 e. The van der Waals surface area contributed by atoms with Crippen LogP contribution >= 0.6 is 22.6 Å². The molecule has 0 saturated heterocycles. The highest BCUT2D eigenvalue weighted by atomic mass is 127. The normalized spacial score (nSPS) is 16.2. The van der Waals surface area contributed by atoms with E-state index in [2.05, 4.69) is 38.6 Å². The van der Waals surface area contributed by atoms with Crippen molar-refractivity contribution in [3.63, 3.8) is 0 Å². The minimum absolute atomic E-state index is 0.171. The molecule has 1 unspecified atom stereocenters. The molecule has 6 heteroatoms. The van der Waals surface area contributed by atoms with Crippen molar-refractivity contribution < 1.29 is 14.3 Å². The highest BCUT2D eigenvalue weighted by Crippen LogP contribution is 2.34. The number of aryl methyl sites for hydroxylation is 1. The van der Waals surface area contributed by atoms with Gasteiger partial charge in [-0.05, 0) is 60.1 Å². The Bertz CT molecular complexity index is 706. The van der Waals surface area contributed by atoms with Crippen LogP contribution in [0, 0.1) is 3.57 Å². The van der Waals surface area contributed by atoms with Crippen LogP contribution in [0.2, 0.25) is 0 Å². The number of hydrogen-bond donors (Lipinski definition) is 0. The van der Waals surface area contributed by atoms with Crippen LogP contribution in [0.4, 0.5) is 0 Å². The molecule has 3 rings (SSSR count). The average molecular weight is 410 g/mol. The fourth-order valence-electron chi connectivity index (χ4n) is 2.52. The van der Waals surface area contributed by atoms with Crippen molar-refractivity contribution in [2.45, 2.75) is 25.9 Å². The minimum atomic E-state index is -0.408. The third kappa shape index (κ3) is 2.92. The second-order valence-electron chi connectivity index (χ2n) is 4.89. The lowest BCUT2D eigenvalue weighted by atomic mass is 10.2. The molecule has 2 heterocycles. The molecule has 1 atom stereocenters. The summed E-state index contributed by atoms with van der Waals surface area (Å²) in [6, 6.07) is 5.75. The van der Waals surface area contributed by atoms with Crippen molar-refractivity contribution >= 4 is 28.6 Å². The number of carbonyl (C=O) groups is 1. The second kappa shape index (κ2) is 6.60. The zero-order valence-electron chi connectivity index (χ0n) is 12.1. The van der Waals surface area contributed by atoms with Gasteiger partial charge >= 0.3 is 5.97 Å². The van der Waals surface area contributed by atoms with Gasteiger partial charge in [0.15, 0.2) is 0 Å². The summed E-state index contributed by atoms with van der Waals surface area (Å²) in [5, 5.41) is 0. The molecule has 0 fully saturated rings. The predicted octanol–water partition coefficient (Wildman–Crippen LogP) is 3.32. The summed E-state index contributed by atoms with van der Waals surface area (Å²) in [6.45, 7) is 2.09. The van der Waals surface area contributed by atoms with Gasteiger partial charge in [-0.3, -0.25) is 4.98 Å². The lowest BCUT2D eigenvalue weighted by Gasteiger charge is -2.16. The van der Waals surface area contributed by atoms with E-state index >= 15 is 0 Å². The average Bonchev–Trinajstić information content (AvgIpc) is 2.91. The third-order valence-corrected chi connectivity index (χ3v) is 4.40. The van der Waals surface area contributed by atoms with Crippen molar-refractivity contribution in [3.8, 4) is 5.88 Å². The first-order valence-corrected chi connectivity index (χ1v) is 8.20. The van der Waals surface area contributed by atoms with E-state index < -0.39 is 5.97 Å². The van der Waals surface area contributed by atoms with Gasteiger partial charge in [-0.25, -0.2) is 9.78 Å². The van der Waals surface area contributed by atoms with E-state index in [-0.39, 0.29) is 6.10 Å². The Morgan fingerprint density at radius 3 is 3.05 bits per heavy atom. The molecular formula is C16H15IN2O3. The monoisotopic (exact) mass is 410 g/mol. The maximum atomic E-state index is 12.1.